The maximum atomic E-state index is 14.2. The van der Waals surface area contributed by atoms with Crippen molar-refractivity contribution >= 4 is 50.7 Å². The molecule has 1 aliphatic rings. The topological polar surface area (TPSA) is 96.0 Å². The van der Waals surface area contributed by atoms with Crippen LogP contribution in [0.3, 0.4) is 0 Å². The van der Waals surface area contributed by atoms with Crippen molar-refractivity contribution in [3.63, 3.8) is 0 Å². The standard InChI is InChI=1S/C32H37Cl2N3O5S/c1-4-42-26-16-18-27(19-17-26)43(40,41)37(25-14-12-22(2)13-15-25)21-31(38)36(20-28-29(33)10-7-11-30(28)34)23(3)32(39)35-24-8-5-6-9-24/h7,10-19,23-24H,4-6,8-9,20-21H2,1-3H3,(H,35,39)/t23-/m1/s1. The number of hydrogen-bond acceptors (Lipinski definition) is 5. The minimum Gasteiger partial charge on any atom is -0.494 e. The van der Waals surface area contributed by atoms with Crippen LogP contribution in [0.1, 0.15) is 50.7 Å². The highest BCUT2D eigenvalue weighted by molar-refractivity contribution is 7.92. The van der Waals surface area contributed by atoms with Gasteiger partial charge in [0.25, 0.3) is 10.0 Å². The predicted octanol–water partition coefficient (Wildman–Crippen LogP) is 6.37. The summed E-state index contributed by atoms with van der Waals surface area (Å²) < 4.78 is 34.6. The van der Waals surface area contributed by atoms with Crippen molar-refractivity contribution in [2.45, 2.75) is 70.0 Å². The molecule has 1 saturated carbocycles. The van der Waals surface area contributed by atoms with Crippen LogP contribution in [-0.2, 0) is 26.2 Å². The molecule has 0 saturated heterocycles. The lowest BCUT2D eigenvalue weighted by atomic mass is 10.1. The van der Waals surface area contributed by atoms with E-state index in [1.807, 2.05) is 13.8 Å². The second kappa shape index (κ2) is 14.5. The average molecular weight is 647 g/mol. The van der Waals surface area contributed by atoms with Crippen molar-refractivity contribution < 1.29 is 22.7 Å². The van der Waals surface area contributed by atoms with Gasteiger partial charge in [0.1, 0.15) is 18.3 Å². The van der Waals surface area contributed by atoms with Gasteiger partial charge >= 0.3 is 0 Å². The molecule has 1 aliphatic carbocycles. The number of halogens is 2. The Balaban J connectivity index is 1.70. The number of nitrogens with one attached hydrogen (secondary N) is 1. The van der Waals surface area contributed by atoms with Gasteiger partial charge in [0.2, 0.25) is 11.8 Å². The number of rotatable bonds is 12. The Labute approximate surface area is 264 Å². The molecule has 0 aromatic heterocycles. The normalized spacial score (nSPS) is 14.3. The second-order valence-corrected chi connectivity index (χ2v) is 13.3. The van der Waals surface area contributed by atoms with Gasteiger partial charge in [0.15, 0.2) is 0 Å². The maximum absolute atomic E-state index is 14.2. The van der Waals surface area contributed by atoms with E-state index in [9.17, 15) is 18.0 Å². The fourth-order valence-electron chi connectivity index (χ4n) is 5.07. The Hall–Kier alpha value is -3.27. The van der Waals surface area contributed by atoms with Crippen molar-refractivity contribution in [3.05, 3.63) is 87.9 Å². The number of nitrogens with zero attached hydrogens (tertiary/aromatic N) is 2. The van der Waals surface area contributed by atoms with Crippen LogP contribution in [0.5, 0.6) is 5.75 Å². The number of amides is 2. The molecule has 0 aliphatic heterocycles. The first-order chi connectivity index (χ1) is 20.5. The lowest BCUT2D eigenvalue weighted by Crippen LogP contribution is -2.52. The van der Waals surface area contributed by atoms with Crippen LogP contribution in [0.15, 0.2) is 71.6 Å². The molecule has 1 fully saturated rings. The number of sulfonamides is 1. The number of ether oxygens (including phenoxy) is 1. The van der Waals surface area contributed by atoms with E-state index in [0.717, 1.165) is 35.6 Å². The van der Waals surface area contributed by atoms with Crippen LogP contribution < -0.4 is 14.4 Å². The second-order valence-electron chi connectivity index (χ2n) is 10.6. The molecule has 3 aromatic carbocycles. The minimum atomic E-state index is -4.20. The molecule has 0 heterocycles. The number of aryl methyl sites for hydroxylation is 1. The lowest BCUT2D eigenvalue weighted by Gasteiger charge is -2.33. The Kier molecular flexibility index (Phi) is 11.0. The van der Waals surface area contributed by atoms with Gasteiger partial charge in [-0.25, -0.2) is 8.42 Å². The van der Waals surface area contributed by atoms with Gasteiger partial charge in [-0.05, 0) is 82.1 Å². The number of carbonyl (C=O) groups is 2. The smallest absolute Gasteiger partial charge is 0.264 e. The fraction of sp³-hybridized carbons (Fsp3) is 0.375. The van der Waals surface area contributed by atoms with Gasteiger partial charge < -0.3 is 15.0 Å². The van der Waals surface area contributed by atoms with E-state index < -0.39 is 28.5 Å². The highest BCUT2D eigenvalue weighted by Crippen LogP contribution is 2.29. The molecule has 4 rings (SSSR count). The van der Waals surface area contributed by atoms with Crippen LogP contribution in [0, 0.1) is 6.92 Å². The molecular weight excluding hydrogens is 609 g/mol. The fourth-order valence-corrected chi connectivity index (χ4v) is 7.00. The predicted molar refractivity (Wildman–Crippen MR) is 170 cm³/mol. The zero-order valence-corrected chi connectivity index (χ0v) is 26.9. The molecule has 43 heavy (non-hydrogen) atoms. The Morgan fingerprint density at radius 2 is 1.58 bits per heavy atom. The molecule has 0 bridgehead atoms. The minimum absolute atomic E-state index is 0.00273. The van der Waals surface area contributed by atoms with Crippen LogP contribution in [0.4, 0.5) is 5.69 Å². The van der Waals surface area contributed by atoms with Gasteiger partial charge in [-0.2, -0.15) is 0 Å². The van der Waals surface area contributed by atoms with E-state index >= 15 is 0 Å². The molecule has 11 heteroatoms. The first-order valence-electron chi connectivity index (χ1n) is 14.4. The molecule has 230 valence electrons. The van der Waals surface area contributed by atoms with Crippen LogP contribution in [-0.4, -0.2) is 50.4 Å². The lowest BCUT2D eigenvalue weighted by molar-refractivity contribution is -0.139. The van der Waals surface area contributed by atoms with Crippen molar-refractivity contribution in [1.29, 1.82) is 0 Å². The van der Waals surface area contributed by atoms with E-state index in [4.69, 9.17) is 27.9 Å². The summed E-state index contributed by atoms with van der Waals surface area (Å²) in [5.41, 5.74) is 1.71. The third kappa shape index (κ3) is 8.02. The highest BCUT2D eigenvalue weighted by atomic mass is 35.5. The number of carbonyl (C=O) groups excluding carboxylic acids is 2. The SMILES string of the molecule is CCOc1ccc(S(=O)(=O)N(CC(=O)N(Cc2c(Cl)cccc2Cl)[C@H](C)C(=O)NC2CCCC2)c2ccc(C)cc2)cc1. The summed E-state index contributed by atoms with van der Waals surface area (Å²) in [7, 11) is -4.20. The van der Waals surface area contributed by atoms with E-state index in [1.165, 1.54) is 17.0 Å². The van der Waals surface area contributed by atoms with Gasteiger partial charge in [-0.3, -0.25) is 13.9 Å². The molecule has 0 spiro atoms. The third-order valence-corrected chi connectivity index (χ3v) is 10.1. The molecular formula is C32H37Cl2N3O5S. The summed E-state index contributed by atoms with van der Waals surface area (Å²) in [5, 5.41) is 3.73. The molecule has 0 unspecified atom stereocenters. The highest BCUT2D eigenvalue weighted by Gasteiger charge is 2.34. The molecule has 8 nitrogen and oxygen atoms in total. The first kappa shape index (κ1) is 32.6. The van der Waals surface area contributed by atoms with Crippen molar-refractivity contribution in [3.8, 4) is 5.75 Å². The van der Waals surface area contributed by atoms with Crippen LogP contribution in [0.2, 0.25) is 10.0 Å². The Morgan fingerprint density at radius 1 is 0.977 bits per heavy atom. The summed E-state index contributed by atoms with van der Waals surface area (Å²) in [5.74, 6) is -0.371. The zero-order chi connectivity index (χ0) is 31.1. The van der Waals surface area contributed by atoms with Gasteiger partial charge in [-0.15, -0.1) is 0 Å². The molecule has 2 amide bonds. The first-order valence-corrected chi connectivity index (χ1v) is 16.6. The quantitative estimate of drug-likeness (QED) is 0.247. The van der Waals surface area contributed by atoms with E-state index in [1.54, 1.807) is 61.5 Å². The van der Waals surface area contributed by atoms with E-state index in [2.05, 4.69) is 5.32 Å². The van der Waals surface area contributed by atoms with Crippen molar-refractivity contribution in [2.24, 2.45) is 0 Å². The number of benzene rings is 3. The van der Waals surface area contributed by atoms with Crippen LogP contribution in [0.25, 0.3) is 0 Å². The van der Waals surface area contributed by atoms with Crippen molar-refractivity contribution in [1.82, 2.24) is 10.2 Å². The maximum Gasteiger partial charge on any atom is 0.264 e. The van der Waals surface area contributed by atoms with Gasteiger partial charge in [-0.1, -0.05) is 59.8 Å². The van der Waals surface area contributed by atoms with Gasteiger partial charge in [0.05, 0.1) is 17.2 Å². The summed E-state index contributed by atoms with van der Waals surface area (Å²) in [6.45, 7) is 5.16. The largest absolute Gasteiger partial charge is 0.494 e. The summed E-state index contributed by atoms with van der Waals surface area (Å²) in [4.78, 5) is 28.9. The van der Waals surface area contributed by atoms with Gasteiger partial charge in [0, 0.05) is 28.2 Å². The van der Waals surface area contributed by atoms with Crippen LogP contribution >= 0.6 is 23.2 Å². The monoisotopic (exact) mass is 645 g/mol. The van der Waals surface area contributed by atoms with Crippen molar-refractivity contribution in [2.75, 3.05) is 17.5 Å². The number of anilines is 1. The Bertz CT molecular complexity index is 1510. The molecule has 1 atom stereocenters. The number of hydrogen-bond donors (Lipinski definition) is 1. The zero-order valence-electron chi connectivity index (χ0n) is 24.6. The molecule has 3 aromatic rings. The van der Waals surface area contributed by atoms with E-state index in [-0.39, 0.29) is 23.4 Å². The Morgan fingerprint density at radius 3 is 2.16 bits per heavy atom. The average Bonchev–Trinajstić information content (AvgIpc) is 3.49. The summed E-state index contributed by atoms with van der Waals surface area (Å²) >= 11 is 12.9. The third-order valence-electron chi connectivity index (χ3n) is 7.58. The summed E-state index contributed by atoms with van der Waals surface area (Å²) in [6, 6.07) is 17.0. The molecule has 1 N–H and O–H groups in total. The van der Waals surface area contributed by atoms with E-state index in [0.29, 0.717) is 33.7 Å². The molecule has 0 radical (unpaired) electrons. The summed E-state index contributed by atoms with van der Waals surface area (Å²) in [6.07, 6.45) is 3.83.